The molecular formula is C17H18ClIO2S. The zero-order valence-corrected chi connectivity index (χ0v) is 16.3. The predicted molar refractivity (Wildman–Crippen MR) is 103 cm³/mol. The van der Waals surface area contributed by atoms with Crippen molar-refractivity contribution >= 4 is 42.0 Å². The second kappa shape index (κ2) is 9.01. The topological polar surface area (TPSA) is 18.5 Å². The van der Waals surface area contributed by atoms with Crippen molar-refractivity contribution in [3.05, 3.63) is 63.7 Å². The summed E-state index contributed by atoms with van der Waals surface area (Å²) in [7, 11) is 1.34. The monoisotopic (exact) mass is 448 g/mol. The minimum Gasteiger partial charge on any atom is -0.494 e. The van der Waals surface area contributed by atoms with Gasteiger partial charge in [0.1, 0.15) is 5.75 Å². The fraction of sp³-hybridized carbons (Fsp3) is 0.294. The molecule has 0 fully saturated rings. The van der Waals surface area contributed by atoms with Crippen molar-refractivity contribution in [3.63, 3.8) is 0 Å². The third-order valence-electron chi connectivity index (χ3n) is 3.39. The summed E-state index contributed by atoms with van der Waals surface area (Å²) >= 11 is 8.54. The molecule has 0 N–H and O–H groups in total. The van der Waals surface area contributed by atoms with Crippen LogP contribution >= 0.6 is 42.0 Å². The van der Waals surface area contributed by atoms with Gasteiger partial charge < -0.3 is 8.92 Å². The van der Waals surface area contributed by atoms with Gasteiger partial charge >= 0.3 is 0 Å². The van der Waals surface area contributed by atoms with E-state index in [0.717, 1.165) is 28.3 Å². The molecule has 2 aromatic carbocycles. The molecule has 22 heavy (non-hydrogen) atoms. The van der Waals surface area contributed by atoms with E-state index >= 15 is 0 Å². The standard InChI is InChI=1S/C17H18ClIO2S/c1-3-20-16-6-4-13(5-7-16)9-14-8-12(2)15(10-17(14)18)11-21-22-19/h4-8,10H,3,9,11H2,1-2H3. The van der Waals surface area contributed by atoms with Gasteiger partial charge in [-0.05, 0) is 60.7 Å². The molecule has 0 spiro atoms. The van der Waals surface area contributed by atoms with Crippen LogP contribution in [0.15, 0.2) is 36.4 Å². The van der Waals surface area contributed by atoms with E-state index < -0.39 is 0 Å². The average molecular weight is 449 g/mol. The molecule has 0 saturated heterocycles. The lowest BCUT2D eigenvalue weighted by Crippen LogP contribution is -1.96. The normalized spacial score (nSPS) is 10.7. The van der Waals surface area contributed by atoms with Crippen LogP contribution in [0.1, 0.15) is 29.2 Å². The van der Waals surface area contributed by atoms with E-state index in [-0.39, 0.29) is 0 Å². The van der Waals surface area contributed by atoms with Crippen molar-refractivity contribution in [2.75, 3.05) is 6.61 Å². The van der Waals surface area contributed by atoms with E-state index in [9.17, 15) is 0 Å². The lowest BCUT2D eigenvalue weighted by molar-refractivity contribution is 0.340. The number of ether oxygens (including phenoxy) is 1. The zero-order chi connectivity index (χ0) is 15.9. The maximum Gasteiger partial charge on any atom is 0.119 e. The Kier molecular flexibility index (Phi) is 7.34. The number of benzene rings is 2. The maximum absolute atomic E-state index is 6.42. The fourth-order valence-corrected chi connectivity index (χ4v) is 3.06. The molecule has 0 aliphatic heterocycles. The van der Waals surface area contributed by atoms with Gasteiger partial charge in [0, 0.05) is 26.2 Å². The molecule has 2 rings (SSSR count). The van der Waals surface area contributed by atoms with Crippen LogP contribution in [-0.2, 0) is 17.2 Å². The van der Waals surface area contributed by atoms with E-state index in [4.69, 9.17) is 20.5 Å². The molecule has 2 nitrogen and oxygen atoms in total. The van der Waals surface area contributed by atoms with Crippen LogP contribution < -0.4 is 4.74 Å². The SMILES string of the molecule is CCOc1ccc(Cc2cc(C)c(COSI)cc2Cl)cc1. The highest BCUT2D eigenvalue weighted by molar-refractivity contribution is 14.2. The molecule has 0 amide bonds. The Balaban J connectivity index is 2.13. The van der Waals surface area contributed by atoms with Crippen molar-refractivity contribution in [1.29, 1.82) is 0 Å². The second-order valence-electron chi connectivity index (χ2n) is 4.95. The Morgan fingerprint density at radius 2 is 1.86 bits per heavy atom. The van der Waals surface area contributed by atoms with Crippen molar-refractivity contribution < 1.29 is 8.92 Å². The van der Waals surface area contributed by atoms with Gasteiger partial charge in [-0.1, -0.05) is 29.8 Å². The van der Waals surface area contributed by atoms with Gasteiger partial charge in [0.2, 0.25) is 0 Å². The summed E-state index contributed by atoms with van der Waals surface area (Å²) in [6, 6.07) is 12.3. The Morgan fingerprint density at radius 1 is 1.14 bits per heavy atom. The maximum atomic E-state index is 6.42. The lowest BCUT2D eigenvalue weighted by Gasteiger charge is -2.11. The van der Waals surface area contributed by atoms with Gasteiger partial charge in [-0.3, -0.25) is 0 Å². The Labute approximate surface area is 153 Å². The number of halogens is 2. The Bertz CT molecular complexity index is 617. The molecule has 0 unspecified atom stereocenters. The minimum atomic E-state index is 0.572. The zero-order valence-electron chi connectivity index (χ0n) is 12.6. The van der Waals surface area contributed by atoms with Crippen LogP contribution in [-0.4, -0.2) is 6.61 Å². The van der Waals surface area contributed by atoms with Crippen LogP contribution in [0.5, 0.6) is 5.75 Å². The number of rotatable bonds is 7. The first-order valence-electron chi connectivity index (χ1n) is 7.04. The summed E-state index contributed by atoms with van der Waals surface area (Å²) in [6.45, 7) is 5.33. The van der Waals surface area contributed by atoms with E-state index in [1.165, 1.54) is 20.3 Å². The number of aryl methyl sites for hydroxylation is 1. The summed E-state index contributed by atoms with van der Waals surface area (Å²) in [6.07, 6.45) is 0.814. The number of hydrogen-bond donors (Lipinski definition) is 0. The third kappa shape index (κ3) is 5.05. The van der Waals surface area contributed by atoms with Crippen molar-refractivity contribution in [1.82, 2.24) is 0 Å². The van der Waals surface area contributed by atoms with Crippen LogP contribution in [0.4, 0.5) is 0 Å². The predicted octanol–water partition coefficient (Wildman–Crippen LogP) is 6.15. The molecule has 0 atom stereocenters. The molecule has 0 heterocycles. The Hall–Kier alpha value is -0.430. The number of hydrogen-bond acceptors (Lipinski definition) is 3. The molecule has 0 aliphatic carbocycles. The summed E-state index contributed by atoms with van der Waals surface area (Å²) < 4.78 is 10.8. The van der Waals surface area contributed by atoms with Crippen molar-refractivity contribution in [2.45, 2.75) is 26.9 Å². The lowest BCUT2D eigenvalue weighted by atomic mass is 10.00. The summed E-state index contributed by atoms with van der Waals surface area (Å²) in [4.78, 5) is 0. The summed E-state index contributed by atoms with van der Waals surface area (Å²) in [5.74, 6) is 0.900. The molecular weight excluding hydrogens is 431 g/mol. The molecule has 0 aromatic heterocycles. The molecule has 0 saturated carbocycles. The first-order chi connectivity index (χ1) is 10.6. The van der Waals surface area contributed by atoms with Crippen LogP contribution in [0.25, 0.3) is 0 Å². The van der Waals surface area contributed by atoms with E-state index in [1.54, 1.807) is 0 Å². The van der Waals surface area contributed by atoms with E-state index in [2.05, 4.69) is 46.3 Å². The van der Waals surface area contributed by atoms with Crippen LogP contribution in [0, 0.1) is 6.92 Å². The van der Waals surface area contributed by atoms with Crippen molar-refractivity contribution in [2.24, 2.45) is 0 Å². The van der Waals surface area contributed by atoms with Gasteiger partial charge in [-0.25, -0.2) is 0 Å². The smallest absolute Gasteiger partial charge is 0.119 e. The van der Waals surface area contributed by atoms with Gasteiger partial charge in [-0.15, -0.1) is 0 Å². The first-order valence-corrected chi connectivity index (χ1v) is 10.7. The highest BCUT2D eigenvalue weighted by Gasteiger charge is 2.08. The van der Waals surface area contributed by atoms with Gasteiger partial charge in [0.05, 0.1) is 22.4 Å². The van der Waals surface area contributed by atoms with Gasteiger partial charge in [-0.2, -0.15) is 0 Å². The molecule has 0 bridgehead atoms. The fourth-order valence-electron chi connectivity index (χ4n) is 2.25. The highest BCUT2D eigenvalue weighted by atomic mass is 127. The summed E-state index contributed by atoms with van der Waals surface area (Å²) in [5.41, 5.74) is 4.69. The summed E-state index contributed by atoms with van der Waals surface area (Å²) in [5, 5.41) is 0.788. The molecule has 0 radical (unpaired) electrons. The average Bonchev–Trinajstić information content (AvgIpc) is 2.51. The van der Waals surface area contributed by atoms with Crippen molar-refractivity contribution in [3.8, 4) is 5.75 Å². The second-order valence-corrected chi connectivity index (χ2v) is 6.80. The largest absolute Gasteiger partial charge is 0.494 e. The minimum absolute atomic E-state index is 0.572. The molecule has 0 aliphatic rings. The van der Waals surface area contributed by atoms with Crippen LogP contribution in [0.3, 0.4) is 0 Å². The molecule has 2 aromatic rings. The van der Waals surface area contributed by atoms with E-state index in [0.29, 0.717) is 13.2 Å². The highest BCUT2D eigenvalue weighted by Crippen LogP contribution is 2.26. The Morgan fingerprint density at radius 3 is 2.50 bits per heavy atom. The quantitative estimate of drug-likeness (QED) is 0.374. The van der Waals surface area contributed by atoms with Gasteiger partial charge in [0.25, 0.3) is 0 Å². The van der Waals surface area contributed by atoms with E-state index in [1.807, 2.05) is 25.1 Å². The van der Waals surface area contributed by atoms with Gasteiger partial charge in [0.15, 0.2) is 0 Å². The first kappa shape index (κ1) is 17.9. The molecule has 118 valence electrons. The molecule has 5 heteroatoms. The third-order valence-corrected chi connectivity index (χ3v) is 4.71. The van der Waals surface area contributed by atoms with Crippen LogP contribution in [0.2, 0.25) is 5.02 Å².